The van der Waals surface area contributed by atoms with Crippen molar-refractivity contribution in [3.63, 3.8) is 0 Å². The first-order chi connectivity index (χ1) is 18.0. The second-order valence-electron chi connectivity index (χ2n) is 7.47. The molecule has 0 aliphatic heterocycles. The van der Waals surface area contributed by atoms with Gasteiger partial charge in [0.25, 0.3) is 17.6 Å². The van der Waals surface area contributed by atoms with Crippen LogP contribution in [0.4, 0.5) is 33.3 Å². The molecule has 0 aliphatic carbocycles. The summed E-state index contributed by atoms with van der Waals surface area (Å²) >= 11 is 0.366. The van der Waals surface area contributed by atoms with Gasteiger partial charge in [-0.15, -0.1) is 0 Å². The van der Waals surface area contributed by atoms with Crippen LogP contribution in [0.25, 0.3) is 0 Å². The maximum atomic E-state index is 12.8. The highest BCUT2D eigenvalue weighted by molar-refractivity contribution is 7.99. The fourth-order valence-electron chi connectivity index (χ4n) is 2.94. The number of amides is 2. The van der Waals surface area contributed by atoms with Gasteiger partial charge >= 0.3 is 12.1 Å². The summed E-state index contributed by atoms with van der Waals surface area (Å²) < 4.78 is 73.2. The number of ether oxygens (including phenoxy) is 2. The average Bonchev–Trinajstić information content (AvgIpc) is 2.87. The topological polar surface area (TPSA) is 93.7 Å². The Hall–Kier alpha value is -4.13. The third-order valence-corrected chi connectivity index (χ3v) is 5.35. The van der Waals surface area contributed by atoms with Gasteiger partial charge < -0.3 is 20.1 Å². The number of esters is 1. The molecular formula is C25H19F5N2O5S. The van der Waals surface area contributed by atoms with Crippen molar-refractivity contribution in [1.29, 1.82) is 0 Å². The number of carbonyl (C=O) groups excluding carboxylic acids is 3. The normalized spacial score (nSPS) is 11.1. The molecule has 2 amide bonds. The minimum absolute atomic E-state index is 0.0432. The van der Waals surface area contributed by atoms with E-state index >= 15 is 0 Å². The standard InChI is InChI=1S/C25H19F5N2O5S/c26-24(27)38-20-10-6-17(7-11-20)31-22(34)14-37-23(35)15-4-8-19(9-5-15)36-13-21(33)32-18-3-1-2-16(12-18)25(28,29)30/h1-12,24H,13-14H2,(H,31,34)(H,32,33). The third kappa shape index (κ3) is 9.07. The lowest BCUT2D eigenvalue weighted by atomic mass is 10.2. The molecule has 3 rings (SSSR count). The quantitative estimate of drug-likeness (QED) is 0.186. The SMILES string of the molecule is O=C(COC(=O)c1ccc(OCC(=O)Nc2cccc(C(F)(F)F)c2)cc1)Nc1ccc(SC(F)F)cc1. The summed E-state index contributed by atoms with van der Waals surface area (Å²) in [6.07, 6.45) is -4.55. The molecular weight excluding hydrogens is 535 g/mol. The van der Waals surface area contributed by atoms with E-state index in [9.17, 15) is 36.3 Å². The first-order valence-electron chi connectivity index (χ1n) is 10.7. The van der Waals surface area contributed by atoms with Crippen molar-refractivity contribution in [2.75, 3.05) is 23.8 Å². The molecule has 0 heterocycles. The first-order valence-corrected chi connectivity index (χ1v) is 11.6. The van der Waals surface area contributed by atoms with Gasteiger partial charge in [-0.25, -0.2) is 4.79 Å². The largest absolute Gasteiger partial charge is 0.484 e. The summed E-state index contributed by atoms with van der Waals surface area (Å²) in [5.41, 5.74) is -0.523. The Morgan fingerprint density at radius 1 is 0.816 bits per heavy atom. The number of hydrogen-bond donors (Lipinski definition) is 2. The van der Waals surface area contributed by atoms with E-state index in [0.717, 1.165) is 18.2 Å². The maximum Gasteiger partial charge on any atom is 0.416 e. The molecule has 0 saturated heterocycles. The van der Waals surface area contributed by atoms with E-state index in [1.54, 1.807) is 0 Å². The molecule has 0 bridgehead atoms. The van der Waals surface area contributed by atoms with Gasteiger partial charge in [0.05, 0.1) is 11.1 Å². The fraction of sp³-hybridized carbons (Fsp3) is 0.160. The molecule has 0 radical (unpaired) electrons. The highest BCUT2D eigenvalue weighted by atomic mass is 32.2. The lowest BCUT2D eigenvalue weighted by molar-refractivity contribution is -0.137. The maximum absolute atomic E-state index is 12.8. The monoisotopic (exact) mass is 554 g/mol. The van der Waals surface area contributed by atoms with Crippen molar-refractivity contribution >= 4 is 40.9 Å². The Balaban J connectivity index is 1.42. The Morgan fingerprint density at radius 3 is 2.08 bits per heavy atom. The predicted molar refractivity (Wildman–Crippen MR) is 129 cm³/mol. The number of benzene rings is 3. The molecule has 13 heteroatoms. The number of hydrogen-bond acceptors (Lipinski definition) is 6. The second-order valence-corrected chi connectivity index (χ2v) is 8.53. The van der Waals surface area contributed by atoms with Gasteiger partial charge in [0.1, 0.15) is 5.75 Å². The number of halogens is 5. The minimum Gasteiger partial charge on any atom is -0.484 e. The smallest absolute Gasteiger partial charge is 0.416 e. The summed E-state index contributed by atoms with van der Waals surface area (Å²) in [6, 6.07) is 15.2. The minimum atomic E-state index is -4.55. The highest BCUT2D eigenvalue weighted by Gasteiger charge is 2.30. The lowest BCUT2D eigenvalue weighted by Crippen LogP contribution is -2.21. The van der Waals surface area contributed by atoms with E-state index < -0.39 is 48.5 Å². The molecule has 3 aromatic rings. The molecule has 0 fully saturated rings. The van der Waals surface area contributed by atoms with Gasteiger partial charge in [-0.05, 0) is 66.7 Å². The Bertz CT molecular complexity index is 1270. The van der Waals surface area contributed by atoms with Crippen molar-refractivity contribution < 1.29 is 45.8 Å². The van der Waals surface area contributed by atoms with Crippen molar-refractivity contribution in [2.45, 2.75) is 16.8 Å². The van der Waals surface area contributed by atoms with Crippen LogP contribution in [0.5, 0.6) is 5.75 Å². The van der Waals surface area contributed by atoms with E-state index in [4.69, 9.17) is 9.47 Å². The Morgan fingerprint density at radius 2 is 1.45 bits per heavy atom. The number of thioether (sulfide) groups is 1. The Kier molecular flexibility index (Phi) is 9.66. The third-order valence-electron chi connectivity index (χ3n) is 4.63. The average molecular weight is 554 g/mol. The number of carbonyl (C=O) groups is 3. The van der Waals surface area contributed by atoms with Crippen LogP contribution in [0, 0.1) is 0 Å². The molecule has 0 aliphatic rings. The van der Waals surface area contributed by atoms with Gasteiger partial charge in [0.15, 0.2) is 13.2 Å². The van der Waals surface area contributed by atoms with E-state index in [1.807, 2.05) is 0 Å². The van der Waals surface area contributed by atoms with Crippen LogP contribution in [-0.2, 0) is 20.5 Å². The van der Waals surface area contributed by atoms with E-state index in [2.05, 4.69) is 10.6 Å². The zero-order valence-corrected chi connectivity index (χ0v) is 20.1. The summed E-state index contributed by atoms with van der Waals surface area (Å²) in [5, 5.41) is 4.77. The van der Waals surface area contributed by atoms with Gasteiger partial charge in [-0.2, -0.15) is 22.0 Å². The van der Waals surface area contributed by atoms with Gasteiger partial charge in [0.2, 0.25) is 0 Å². The number of alkyl halides is 5. The summed E-state index contributed by atoms with van der Waals surface area (Å²) in [6.45, 7) is -1.09. The summed E-state index contributed by atoms with van der Waals surface area (Å²) in [7, 11) is 0. The van der Waals surface area contributed by atoms with E-state index in [-0.39, 0.29) is 17.0 Å². The predicted octanol–water partition coefficient (Wildman–Crippen LogP) is 5.83. The summed E-state index contributed by atoms with van der Waals surface area (Å²) in [5.74, 6) is -4.50. The van der Waals surface area contributed by atoms with Crippen LogP contribution in [0.1, 0.15) is 15.9 Å². The molecule has 38 heavy (non-hydrogen) atoms. The molecule has 3 aromatic carbocycles. The zero-order valence-electron chi connectivity index (χ0n) is 19.3. The second kappa shape index (κ2) is 12.9. The van der Waals surface area contributed by atoms with Gasteiger partial charge in [-0.1, -0.05) is 17.8 Å². The van der Waals surface area contributed by atoms with Crippen LogP contribution in [0.15, 0.2) is 77.7 Å². The van der Waals surface area contributed by atoms with Crippen molar-refractivity contribution in [1.82, 2.24) is 0 Å². The number of nitrogens with one attached hydrogen (secondary N) is 2. The van der Waals surface area contributed by atoms with Crippen molar-refractivity contribution in [3.05, 3.63) is 83.9 Å². The zero-order chi connectivity index (χ0) is 27.7. The Labute approximate surface area is 217 Å². The molecule has 0 atom stereocenters. The molecule has 0 unspecified atom stereocenters. The first kappa shape index (κ1) is 28.4. The van der Waals surface area contributed by atoms with Crippen LogP contribution >= 0.6 is 11.8 Å². The van der Waals surface area contributed by atoms with Crippen LogP contribution in [0.3, 0.4) is 0 Å². The van der Waals surface area contributed by atoms with E-state index in [1.165, 1.54) is 54.6 Å². The van der Waals surface area contributed by atoms with Crippen molar-refractivity contribution in [3.8, 4) is 5.75 Å². The number of anilines is 2. The van der Waals surface area contributed by atoms with Gasteiger partial charge in [0, 0.05) is 16.3 Å². The lowest BCUT2D eigenvalue weighted by Gasteiger charge is -2.11. The van der Waals surface area contributed by atoms with Gasteiger partial charge in [-0.3, -0.25) is 9.59 Å². The molecule has 200 valence electrons. The molecule has 7 nitrogen and oxygen atoms in total. The molecule has 0 spiro atoms. The van der Waals surface area contributed by atoms with Crippen LogP contribution in [0.2, 0.25) is 0 Å². The number of rotatable bonds is 10. The molecule has 0 aromatic heterocycles. The fourth-order valence-corrected chi connectivity index (χ4v) is 3.44. The van der Waals surface area contributed by atoms with Crippen molar-refractivity contribution in [2.24, 2.45) is 0 Å². The van der Waals surface area contributed by atoms with Crippen LogP contribution < -0.4 is 15.4 Å². The van der Waals surface area contributed by atoms with Crippen LogP contribution in [-0.4, -0.2) is 36.8 Å². The molecule has 2 N–H and O–H groups in total. The highest BCUT2D eigenvalue weighted by Crippen LogP contribution is 2.30. The summed E-state index contributed by atoms with van der Waals surface area (Å²) in [4.78, 5) is 36.5. The molecule has 0 saturated carbocycles. The van der Waals surface area contributed by atoms with E-state index in [0.29, 0.717) is 22.3 Å².